The smallest absolute Gasteiger partial charge is 0.319 e. The summed E-state index contributed by atoms with van der Waals surface area (Å²) in [5, 5.41) is 7.79. The van der Waals surface area contributed by atoms with Gasteiger partial charge in [-0.05, 0) is 36.4 Å². The SMILES string of the molecule is COc1ccc(NC(=O)CNC(=O)Nc2ccccc2)cc1. The lowest BCUT2D eigenvalue weighted by Crippen LogP contribution is -2.35. The van der Waals surface area contributed by atoms with E-state index in [0.717, 1.165) is 0 Å². The van der Waals surface area contributed by atoms with Gasteiger partial charge in [0.2, 0.25) is 5.91 Å². The molecule has 22 heavy (non-hydrogen) atoms. The quantitative estimate of drug-likeness (QED) is 0.793. The fourth-order valence-corrected chi connectivity index (χ4v) is 1.74. The van der Waals surface area contributed by atoms with Gasteiger partial charge in [-0.25, -0.2) is 4.79 Å². The molecule has 0 aliphatic rings. The van der Waals surface area contributed by atoms with Crippen LogP contribution < -0.4 is 20.7 Å². The summed E-state index contributed by atoms with van der Waals surface area (Å²) in [4.78, 5) is 23.4. The predicted molar refractivity (Wildman–Crippen MR) is 85.1 cm³/mol. The van der Waals surface area contributed by atoms with Gasteiger partial charge in [-0.2, -0.15) is 0 Å². The van der Waals surface area contributed by atoms with Crippen LogP contribution in [0.2, 0.25) is 0 Å². The third kappa shape index (κ3) is 4.82. The van der Waals surface area contributed by atoms with Crippen molar-refractivity contribution in [1.82, 2.24) is 5.32 Å². The van der Waals surface area contributed by atoms with Crippen LogP contribution >= 0.6 is 0 Å². The fraction of sp³-hybridized carbons (Fsp3) is 0.125. The average molecular weight is 299 g/mol. The van der Waals surface area contributed by atoms with E-state index in [1.54, 1.807) is 43.5 Å². The number of anilines is 2. The van der Waals surface area contributed by atoms with Crippen molar-refractivity contribution in [2.24, 2.45) is 0 Å². The van der Waals surface area contributed by atoms with E-state index in [0.29, 0.717) is 17.1 Å². The van der Waals surface area contributed by atoms with Crippen molar-refractivity contribution in [2.75, 3.05) is 24.3 Å². The van der Waals surface area contributed by atoms with E-state index in [9.17, 15) is 9.59 Å². The van der Waals surface area contributed by atoms with Gasteiger partial charge in [0.25, 0.3) is 0 Å². The van der Waals surface area contributed by atoms with Crippen LogP contribution in [0.3, 0.4) is 0 Å². The third-order valence-electron chi connectivity index (χ3n) is 2.81. The second kappa shape index (κ2) is 7.68. The Morgan fingerprint density at radius 2 is 1.55 bits per heavy atom. The second-order valence-corrected chi connectivity index (χ2v) is 4.45. The van der Waals surface area contributed by atoms with Gasteiger partial charge < -0.3 is 20.7 Å². The fourth-order valence-electron chi connectivity index (χ4n) is 1.74. The number of urea groups is 1. The molecule has 0 aliphatic carbocycles. The normalized spacial score (nSPS) is 9.68. The summed E-state index contributed by atoms with van der Waals surface area (Å²) in [5.41, 5.74) is 1.30. The minimum Gasteiger partial charge on any atom is -0.497 e. The van der Waals surface area contributed by atoms with Gasteiger partial charge in [0.1, 0.15) is 5.75 Å². The van der Waals surface area contributed by atoms with Gasteiger partial charge in [0.15, 0.2) is 0 Å². The Morgan fingerprint density at radius 3 is 2.18 bits per heavy atom. The van der Waals surface area contributed by atoms with Crippen LogP contribution in [0.15, 0.2) is 54.6 Å². The number of amides is 3. The zero-order valence-corrected chi connectivity index (χ0v) is 12.1. The van der Waals surface area contributed by atoms with E-state index in [-0.39, 0.29) is 12.5 Å². The van der Waals surface area contributed by atoms with E-state index in [4.69, 9.17) is 4.74 Å². The number of carbonyl (C=O) groups is 2. The van der Waals surface area contributed by atoms with Gasteiger partial charge in [-0.1, -0.05) is 18.2 Å². The average Bonchev–Trinajstić information content (AvgIpc) is 2.55. The van der Waals surface area contributed by atoms with Crippen LogP contribution in [0.5, 0.6) is 5.75 Å². The number of carbonyl (C=O) groups excluding carboxylic acids is 2. The number of hydrogen-bond donors (Lipinski definition) is 3. The molecule has 3 N–H and O–H groups in total. The number of nitrogens with one attached hydrogen (secondary N) is 3. The number of benzene rings is 2. The van der Waals surface area contributed by atoms with E-state index >= 15 is 0 Å². The van der Waals surface area contributed by atoms with Gasteiger partial charge in [-0.3, -0.25) is 4.79 Å². The highest BCUT2D eigenvalue weighted by atomic mass is 16.5. The van der Waals surface area contributed by atoms with Crippen molar-refractivity contribution >= 4 is 23.3 Å². The molecule has 0 bridgehead atoms. The Kier molecular flexibility index (Phi) is 5.37. The lowest BCUT2D eigenvalue weighted by molar-refractivity contribution is -0.115. The minimum absolute atomic E-state index is 0.120. The highest BCUT2D eigenvalue weighted by molar-refractivity contribution is 5.96. The Bertz CT molecular complexity index is 627. The maximum absolute atomic E-state index is 11.7. The zero-order valence-electron chi connectivity index (χ0n) is 12.1. The molecule has 3 amide bonds. The number of rotatable bonds is 5. The summed E-state index contributed by atoms with van der Waals surface area (Å²) in [6, 6.07) is 15.5. The highest BCUT2D eigenvalue weighted by Crippen LogP contribution is 2.14. The number of methoxy groups -OCH3 is 1. The van der Waals surface area contributed by atoms with E-state index < -0.39 is 6.03 Å². The molecular weight excluding hydrogens is 282 g/mol. The van der Waals surface area contributed by atoms with Crippen molar-refractivity contribution in [3.8, 4) is 5.75 Å². The van der Waals surface area contributed by atoms with Crippen molar-refractivity contribution in [1.29, 1.82) is 0 Å². The van der Waals surface area contributed by atoms with Gasteiger partial charge >= 0.3 is 6.03 Å². The standard InChI is InChI=1S/C16H17N3O3/c1-22-14-9-7-13(8-10-14)18-15(20)11-17-16(21)19-12-5-3-2-4-6-12/h2-10H,11H2,1H3,(H,18,20)(H2,17,19,21). The van der Waals surface area contributed by atoms with Crippen LogP contribution in [0.25, 0.3) is 0 Å². The Labute approximate surface area is 128 Å². The molecule has 0 saturated carbocycles. The second-order valence-electron chi connectivity index (χ2n) is 4.45. The van der Waals surface area contributed by atoms with E-state index in [1.807, 2.05) is 18.2 Å². The molecular formula is C16H17N3O3. The summed E-state index contributed by atoms with van der Waals surface area (Å²) in [6.45, 7) is -0.120. The molecule has 6 nitrogen and oxygen atoms in total. The van der Waals surface area contributed by atoms with E-state index in [1.165, 1.54) is 0 Å². The maximum Gasteiger partial charge on any atom is 0.319 e. The predicted octanol–water partition coefficient (Wildman–Crippen LogP) is 2.46. The number of hydrogen-bond acceptors (Lipinski definition) is 3. The Balaban J connectivity index is 1.76. The summed E-state index contributed by atoms with van der Waals surface area (Å²) >= 11 is 0. The van der Waals surface area contributed by atoms with Crippen molar-refractivity contribution in [3.05, 3.63) is 54.6 Å². The van der Waals surface area contributed by atoms with Crippen LogP contribution in [-0.4, -0.2) is 25.6 Å². The lowest BCUT2D eigenvalue weighted by atomic mass is 10.3. The molecule has 2 aromatic rings. The van der Waals surface area contributed by atoms with Crippen LogP contribution in [-0.2, 0) is 4.79 Å². The molecule has 0 heterocycles. The summed E-state index contributed by atoms with van der Waals surface area (Å²) in [5.74, 6) is 0.395. The van der Waals surface area contributed by atoms with E-state index in [2.05, 4.69) is 16.0 Å². The number of ether oxygens (including phenoxy) is 1. The van der Waals surface area contributed by atoms with Gasteiger partial charge in [-0.15, -0.1) is 0 Å². The van der Waals surface area contributed by atoms with Crippen molar-refractivity contribution < 1.29 is 14.3 Å². The molecule has 0 atom stereocenters. The summed E-state index contributed by atoms with van der Waals surface area (Å²) < 4.78 is 5.03. The van der Waals surface area contributed by atoms with Crippen LogP contribution in [0.1, 0.15) is 0 Å². The lowest BCUT2D eigenvalue weighted by Gasteiger charge is -2.08. The van der Waals surface area contributed by atoms with Crippen LogP contribution in [0, 0.1) is 0 Å². The summed E-state index contributed by atoms with van der Waals surface area (Å²) in [7, 11) is 1.57. The van der Waals surface area contributed by atoms with Crippen molar-refractivity contribution in [2.45, 2.75) is 0 Å². The first-order valence-electron chi connectivity index (χ1n) is 6.71. The first-order chi connectivity index (χ1) is 10.7. The number of para-hydroxylation sites is 1. The molecule has 0 aliphatic heterocycles. The first kappa shape index (κ1) is 15.4. The van der Waals surface area contributed by atoms with Gasteiger partial charge in [0.05, 0.1) is 13.7 Å². The molecule has 0 spiro atoms. The topological polar surface area (TPSA) is 79.5 Å². The molecule has 114 valence electrons. The highest BCUT2D eigenvalue weighted by Gasteiger charge is 2.06. The Morgan fingerprint density at radius 1 is 0.909 bits per heavy atom. The molecule has 2 aromatic carbocycles. The Hall–Kier alpha value is -3.02. The molecule has 0 radical (unpaired) electrons. The minimum atomic E-state index is -0.434. The monoisotopic (exact) mass is 299 g/mol. The van der Waals surface area contributed by atoms with Crippen molar-refractivity contribution in [3.63, 3.8) is 0 Å². The molecule has 0 aromatic heterocycles. The molecule has 2 rings (SSSR count). The first-order valence-corrected chi connectivity index (χ1v) is 6.71. The molecule has 0 saturated heterocycles. The summed E-state index contributed by atoms with van der Waals surface area (Å²) in [6.07, 6.45) is 0. The largest absolute Gasteiger partial charge is 0.497 e. The molecule has 6 heteroatoms. The zero-order chi connectivity index (χ0) is 15.8. The van der Waals surface area contributed by atoms with Crippen LogP contribution in [0.4, 0.5) is 16.2 Å². The third-order valence-corrected chi connectivity index (χ3v) is 2.81. The maximum atomic E-state index is 11.7. The molecule has 0 unspecified atom stereocenters. The van der Waals surface area contributed by atoms with Gasteiger partial charge in [0, 0.05) is 11.4 Å². The molecule has 0 fully saturated rings.